The average molecular weight is 240 g/mol. The predicted octanol–water partition coefficient (Wildman–Crippen LogP) is 1.86. The van der Waals surface area contributed by atoms with Gasteiger partial charge in [-0.05, 0) is 31.7 Å². The standard InChI is InChI=1S/C11H20N4O2/c1-7-8(2)17-9(3)10(7)11(16)13-5-4-6-14-15-12/h7-10H,4-6H2,1-3H3,(H,13,16). The lowest BCUT2D eigenvalue weighted by atomic mass is 9.89. The molecule has 1 rings (SSSR count). The van der Waals surface area contributed by atoms with Crippen LogP contribution in [0.4, 0.5) is 0 Å². The topological polar surface area (TPSA) is 87.1 Å². The molecule has 0 spiro atoms. The molecule has 1 N–H and O–H groups in total. The monoisotopic (exact) mass is 240 g/mol. The van der Waals surface area contributed by atoms with E-state index in [2.05, 4.69) is 15.3 Å². The largest absolute Gasteiger partial charge is 0.374 e. The highest BCUT2D eigenvalue weighted by atomic mass is 16.5. The van der Waals surface area contributed by atoms with Crippen molar-refractivity contribution in [3.05, 3.63) is 10.4 Å². The number of nitrogens with zero attached hydrogens (tertiary/aromatic N) is 3. The van der Waals surface area contributed by atoms with E-state index in [0.29, 0.717) is 19.5 Å². The number of nitrogens with one attached hydrogen (secondary N) is 1. The van der Waals surface area contributed by atoms with E-state index in [9.17, 15) is 4.79 Å². The zero-order chi connectivity index (χ0) is 12.8. The maximum absolute atomic E-state index is 11.9. The number of rotatable bonds is 5. The highest BCUT2D eigenvalue weighted by Gasteiger charge is 2.41. The van der Waals surface area contributed by atoms with Gasteiger partial charge in [-0.1, -0.05) is 12.0 Å². The molecular formula is C11H20N4O2. The molecule has 4 unspecified atom stereocenters. The molecule has 96 valence electrons. The quantitative estimate of drug-likeness (QED) is 0.344. The van der Waals surface area contributed by atoms with E-state index in [1.165, 1.54) is 0 Å². The molecule has 0 aromatic rings. The summed E-state index contributed by atoms with van der Waals surface area (Å²) in [5, 5.41) is 6.28. The summed E-state index contributed by atoms with van der Waals surface area (Å²) >= 11 is 0. The number of azide groups is 1. The normalized spacial score (nSPS) is 31.9. The summed E-state index contributed by atoms with van der Waals surface area (Å²) in [5.41, 5.74) is 8.10. The summed E-state index contributed by atoms with van der Waals surface area (Å²) in [6, 6.07) is 0. The van der Waals surface area contributed by atoms with Gasteiger partial charge < -0.3 is 10.1 Å². The van der Waals surface area contributed by atoms with E-state index in [4.69, 9.17) is 10.3 Å². The van der Waals surface area contributed by atoms with Crippen molar-refractivity contribution in [2.75, 3.05) is 13.1 Å². The number of carbonyl (C=O) groups excluding carboxylic acids is 1. The number of carbonyl (C=O) groups is 1. The van der Waals surface area contributed by atoms with Gasteiger partial charge in [0.1, 0.15) is 0 Å². The maximum atomic E-state index is 11.9. The van der Waals surface area contributed by atoms with Crippen molar-refractivity contribution in [3.8, 4) is 0 Å². The van der Waals surface area contributed by atoms with Crippen LogP contribution in [0.5, 0.6) is 0 Å². The molecule has 1 heterocycles. The molecule has 0 aromatic carbocycles. The van der Waals surface area contributed by atoms with E-state index in [-0.39, 0.29) is 30.0 Å². The molecule has 6 heteroatoms. The van der Waals surface area contributed by atoms with Gasteiger partial charge in [-0.3, -0.25) is 4.79 Å². The zero-order valence-electron chi connectivity index (χ0n) is 10.6. The van der Waals surface area contributed by atoms with Crippen LogP contribution in [0.15, 0.2) is 5.11 Å². The Morgan fingerprint density at radius 2 is 2.12 bits per heavy atom. The second-order valence-electron chi connectivity index (χ2n) is 4.53. The number of ether oxygens (including phenoxy) is 1. The van der Waals surface area contributed by atoms with Crippen molar-refractivity contribution >= 4 is 5.91 Å². The lowest BCUT2D eigenvalue weighted by molar-refractivity contribution is -0.127. The fourth-order valence-corrected chi connectivity index (χ4v) is 2.24. The molecule has 0 radical (unpaired) electrons. The lowest BCUT2D eigenvalue weighted by Crippen LogP contribution is -2.37. The fourth-order valence-electron chi connectivity index (χ4n) is 2.24. The van der Waals surface area contributed by atoms with Crippen molar-refractivity contribution < 1.29 is 9.53 Å². The Kier molecular flexibility index (Phi) is 5.25. The molecule has 0 saturated carbocycles. The van der Waals surface area contributed by atoms with E-state index in [1.54, 1.807) is 0 Å². The molecule has 1 saturated heterocycles. The molecular weight excluding hydrogens is 220 g/mol. The van der Waals surface area contributed by atoms with E-state index >= 15 is 0 Å². The average Bonchev–Trinajstić information content (AvgIpc) is 2.53. The lowest BCUT2D eigenvalue weighted by Gasteiger charge is -2.17. The fraction of sp³-hybridized carbons (Fsp3) is 0.909. The van der Waals surface area contributed by atoms with Crippen LogP contribution in [0.2, 0.25) is 0 Å². The number of hydrogen-bond donors (Lipinski definition) is 1. The minimum atomic E-state index is -0.0792. The summed E-state index contributed by atoms with van der Waals surface area (Å²) in [6.45, 7) is 6.93. The highest BCUT2D eigenvalue weighted by Crippen LogP contribution is 2.32. The first-order valence-electron chi connectivity index (χ1n) is 6.02. The van der Waals surface area contributed by atoms with Crippen LogP contribution < -0.4 is 5.32 Å². The van der Waals surface area contributed by atoms with Crippen LogP contribution in [0, 0.1) is 11.8 Å². The van der Waals surface area contributed by atoms with Gasteiger partial charge in [-0.15, -0.1) is 0 Å². The van der Waals surface area contributed by atoms with Crippen molar-refractivity contribution in [2.24, 2.45) is 17.0 Å². The van der Waals surface area contributed by atoms with Crippen LogP contribution in [0.25, 0.3) is 10.4 Å². The van der Waals surface area contributed by atoms with E-state index < -0.39 is 0 Å². The summed E-state index contributed by atoms with van der Waals surface area (Å²) < 4.78 is 5.62. The summed E-state index contributed by atoms with van der Waals surface area (Å²) in [6.07, 6.45) is 0.767. The SMILES string of the molecule is CC1OC(C)C(C(=O)NCCCN=[N+]=[N-])C1C. The third-order valence-corrected chi connectivity index (χ3v) is 3.34. The van der Waals surface area contributed by atoms with Gasteiger partial charge in [0.2, 0.25) is 5.91 Å². The van der Waals surface area contributed by atoms with Gasteiger partial charge >= 0.3 is 0 Å². The predicted molar refractivity (Wildman–Crippen MR) is 64.3 cm³/mol. The van der Waals surface area contributed by atoms with Crippen molar-refractivity contribution in [2.45, 2.75) is 39.4 Å². The third-order valence-electron chi connectivity index (χ3n) is 3.34. The van der Waals surface area contributed by atoms with Crippen LogP contribution >= 0.6 is 0 Å². The van der Waals surface area contributed by atoms with Gasteiger partial charge in [-0.25, -0.2) is 0 Å². The summed E-state index contributed by atoms with van der Waals surface area (Å²) in [7, 11) is 0. The Hall–Kier alpha value is -1.26. The Morgan fingerprint density at radius 1 is 1.41 bits per heavy atom. The first-order chi connectivity index (χ1) is 8.07. The molecule has 1 aliphatic heterocycles. The van der Waals surface area contributed by atoms with Crippen molar-refractivity contribution in [1.82, 2.24) is 5.32 Å². The minimum Gasteiger partial charge on any atom is -0.374 e. The van der Waals surface area contributed by atoms with Crippen LogP contribution in [0.1, 0.15) is 27.2 Å². The third kappa shape index (κ3) is 3.61. The number of hydrogen-bond acceptors (Lipinski definition) is 3. The van der Waals surface area contributed by atoms with Crippen molar-refractivity contribution in [3.63, 3.8) is 0 Å². The zero-order valence-corrected chi connectivity index (χ0v) is 10.6. The Labute approximate surface area is 101 Å². The molecule has 1 aliphatic rings. The van der Waals surface area contributed by atoms with Gasteiger partial charge in [0.15, 0.2) is 0 Å². The molecule has 1 fully saturated rings. The van der Waals surface area contributed by atoms with Crippen LogP contribution in [-0.2, 0) is 9.53 Å². The van der Waals surface area contributed by atoms with Gasteiger partial charge in [0.05, 0.1) is 18.1 Å². The van der Waals surface area contributed by atoms with E-state index in [0.717, 1.165) is 0 Å². The van der Waals surface area contributed by atoms with Gasteiger partial charge in [-0.2, -0.15) is 0 Å². The van der Waals surface area contributed by atoms with Crippen LogP contribution in [-0.4, -0.2) is 31.2 Å². The summed E-state index contributed by atoms with van der Waals surface area (Å²) in [4.78, 5) is 14.6. The Bertz CT molecular complexity index is 315. The summed E-state index contributed by atoms with van der Waals surface area (Å²) in [5.74, 6) is 0.196. The molecule has 6 nitrogen and oxygen atoms in total. The minimum absolute atomic E-state index is 0.0304. The first-order valence-corrected chi connectivity index (χ1v) is 6.02. The maximum Gasteiger partial charge on any atom is 0.226 e. The molecule has 1 amide bonds. The van der Waals surface area contributed by atoms with Crippen LogP contribution in [0.3, 0.4) is 0 Å². The molecule has 4 atom stereocenters. The smallest absolute Gasteiger partial charge is 0.226 e. The first kappa shape index (κ1) is 13.8. The number of amides is 1. The second kappa shape index (κ2) is 6.47. The Morgan fingerprint density at radius 3 is 2.65 bits per heavy atom. The van der Waals surface area contributed by atoms with Gasteiger partial charge in [0.25, 0.3) is 0 Å². The van der Waals surface area contributed by atoms with E-state index in [1.807, 2.05) is 20.8 Å². The Balaban J connectivity index is 2.34. The molecule has 0 bridgehead atoms. The molecule has 0 aliphatic carbocycles. The van der Waals surface area contributed by atoms with Gasteiger partial charge in [0, 0.05) is 18.0 Å². The van der Waals surface area contributed by atoms with Crippen molar-refractivity contribution in [1.29, 1.82) is 0 Å². The second-order valence-corrected chi connectivity index (χ2v) is 4.53. The highest BCUT2D eigenvalue weighted by molar-refractivity contribution is 5.79. The molecule has 17 heavy (non-hydrogen) atoms. The molecule has 0 aromatic heterocycles.